The van der Waals surface area contributed by atoms with Gasteiger partial charge in [-0.25, -0.2) is 4.79 Å². The molecule has 4 aromatic rings. The van der Waals surface area contributed by atoms with E-state index in [0.717, 1.165) is 15.9 Å². The molecule has 0 bridgehead atoms. The Labute approximate surface area is 196 Å². The summed E-state index contributed by atoms with van der Waals surface area (Å²) in [5, 5.41) is 6.61. The minimum atomic E-state index is -1.40. The van der Waals surface area contributed by atoms with Crippen LogP contribution in [0.2, 0.25) is 0 Å². The van der Waals surface area contributed by atoms with Crippen molar-refractivity contribution in [2.75, 3.05) is 6.54 Å². The van der Waals surface area contributed by atoms with E-state index in [0.29, 0.717) is 16.9 Å². The molecule has 1 saturated heterocycles. The molecule has 7 nitrogen and oxygen atoms in total. The number of amides is 4. The van der Waals surface area contributed by atoms with Crippen LogP contribution in [0.1, 0.15) is 29.9 Å². The molecule has 7 heteroatoms. The lowest BCUT2D eigenvalue weighted by Crippen LogP contribution is -2.46. The summed E-state index contributed by atoms with van der Waals surface area (Å²) in [6.07, 6.45) is 0. The number of nitrogens with zero attached hydrogens (tertiary/aromatic N) is 1. The molecule has 34 heavy (non-hydrogen) atoms. The van der Waals surface area contributed by atoms with Crippen LogP contribution in [-0.2, 0) is 15.1 Å². The number of furan rings is 1. The highest BCUT2D eigenvalue weighted by Gasteiger charge is 2.54. The minimum absolute atomic E-state index is 0.406. The van der Waals surface area contributed by atoms with E-state index in [1.165, 1.54) is 0 Å². The first-order valence-electron chi connectivity index (χ1n) is 11.0. The lowest BCUT2D eigenvalue weighted by molar-refractivity contribution is -0.134. The maximum absolute atomic E-state index is 13.7. The van der Waals surface area contributed by atoms with E-state index in [9.17, 15) is 14.4 Å². The first kappa shape index (κ1) is 21.5. The van der Waals surface area contributed by atoms with Crippen molar-refractivity contribution in [1.82, 2.24) is 15.5 Å². The molecule has 0 spiro atoms. The minimum Gasteiger partial charge on any atom is -0.459 e. The molecule has 5 rings (SSSR count). The van der Waals surface area contributed by atoms with Gasteiger partial charge in [0, 0.05) is 5.39 Å². The fourth-order valence-corrected chi connectivity index (χ4v) is 4.37. The van der Waals surface area contributed by atoms with Gasteiger partial charge in [0.25, 0.3) is 5.91 Å². The number of carbonyl (C=O) groups is 3. The van der Waals surface area contributed by atoms with E-state index >= 15 is 0 Å². The molecule has 0 aliphatic carbocycles. The second-order valence-corrected chi connectivity index (χ2v) is 8.28. The van der Waals surface area contributed by atoms with E-state index in [1.54, 1.807) is 31.2 Å². The van der Waals surface area contributed by atoms with Gasteiger partial charge < -0.3 is 15.1 Å². The van der Waals surface area contributed by atoms with Crippen LogP contribution in [-0.4, -0.2) is 29.3 Å². The Morgan fingerprint density at radius 2 is 1.53 bits per heavy atom. The van der Waals surface area contributed by atoms with Crippen molar-refractivity contribution in [3.05, 3.63) is 108 Å². The molecule has 1 aromatic heterocycles. The summed E-state index contributed by atoms with van der Waals surface area (Å²) < 4.78 is 5.82. The Hall–Kier alpha value is -4.39. The number of para-hydroxylation sites is 1. The maximum atomic E-state index is 13.7. The molecule has 1 atom stereocenters. The highest BCUT2D eigenvalue weighted by atomic mass is 16.3. The monoisotopic (exact) mass is 453 g/mol. The summed E-state index contributed by atoms with van der Waals surface area (Å²) in [6.45, 7) is 1.39. The maximum Gasteiger partial charge on any atom is 0.326 e. The molecule has 4 amide bonds. The average Bonchev–Trinajstić information content (AvgIpc) is 3.41. The molecule has 1 aliphatic rings. The summed E-state index contributed by atoms with van der Waals surface area (Å²) in [5.74, 6) is -0.371. The van der Waals surface area contributed by atoms with Crippen molar-refractivity contribution < 1.29 is 18.8 Å². The van der Waals surface area contributed by atoms with E-state index in [1.807, 2.05) is 66.7 Å². The topological polar surface area (TPSA) is 91.7 Å². The van der Waals surface area contributed by atoms with Crippen molar-refractivity contribution in [2.24, 2.45) is 0 Å². The van der Waals surface area contributed by atoms with E-state index in [-0.39, 0.29) is 0 Å². The van der Waals surface area contributed by atoms with Gasteiger partial charge in [-0.15, -0.1) is 0 Å². The second kappa shape index (κ2) is 8.51. The van der Waals surface area contributed by atoms with Crippen LogP contribution < -0.4 is 10.6 Å². The lowest BCUT2D eigenvalue weighted by atomic mass is 9.82. The van der Waals surface area contributed by atoms with Gasteiger partial charge in [0.05, 0.1) is 6.04 Å². The van der Waals surface area contributed by atoms with Crippen molar-refractivity contribution in [1.29, 1.82) is 0 Å². The third-order valence-corrected chi connectivity index (χ3v) is 6.07. The predicted molar refractivity (Wildman–Crippen MR) is 127 cm³/mol. The SMILES string of the molecule is C[C@H](NC(=O)CN1C(=O)NC(c2ccccc2)(c2ccccc2)C1=O)c1cc2ccccc2o1. The normalized spacial score (nSPS) is 15.9. The molecular formula is C27H23N3O4. The van der Waals surface area contributed by atoms with E-state index in [4.69, 9.17) is 4.42 Å². The summed E-state index contributed by atoms with van der Waals surface area (Å²) in [4.78, 5) is 40.4. The fourth-order valence-electron chi connectivity index (χ4n) is 4.37. The van der Waals surface area contributed by atoms with E-state index in [2.05, 4.69) is 10.6 Å². The predicted octanol–water partition coefficient (Wildman–Crippen LogP) is 4.11. The third kappa shape index (κ3) is 3.61. The number of hydrogen-bond acceptors (Lipinski definition) is 4. The van der Waals surface area contributed by atoms with E-state index < -0.39 is 36.0 Å². The first-order valence-corrected chi connectivity index (χ1v) is 11.0. The Bertz CT molecular complexity index is 1290. The first-order chi connectivity index (χ1) is 16.5. The molecule has 170 valence electrons. The van der Waals surface area contributed by atoms with Crippen molar-refractivity contribution in [3.63, 3.8) is 0 Å². The number of hydrogen-bond donors (Lipinski definition) is 2. The number of urea groups is 1. The number of fused-ring (bicyclic) bond motifs is 1. The van der Waals surface area contributed by atoms with Crippen molar-refractivity contribution in [2.45, 2.75) is 18.5 Å². The Morgan fingerprint density at radius 3 is 2.15 bits per heavy atom. The number of nitrogens with one attached hydrogen (secondary N) is 2. The van der Waals surface area contributed by atoms with Gasteiger partial charge in [0.15, 0.2) is 5.54 Å². The van der Waals surface area contributed by atoms with Gasteiger partial charge in [0.1, 0.15) is 17.9 Å². The van der Waals surface area contributed by atoms with Gasteiger partial charge in [-0.2, -0.15) is 0 Å². The molecule has 1 fully saturated rings. The highest BCUT2D eigenvalue weighted by molar-refractivity contribution is 6.11. The van der Waals surface area contributed by atoms with Gasteiger partial charge in [-0.3, -0.25) is 14.5 Å². The van der Waals surface area contributed by atoms with Crippen LogP contribution in [0.5, 0.6) is 0 Å². The number of rotatable bonds is 6. The molecule has 0 radical (unpaired) electrons. The van der Waals surface area contributed by atoms with Crippen LogP contribution in [0.3, 0.4) is 0 Å². The Kier molecular flexibility index (Phi) is 5.37. The molecule has 3 aromatic carbocycles. The average molecular weight is 453 g/mol. The third-order valence-electron chi connectivity index (χ3n) is 6.07. The Balaban J connectivity index is 1.38. The molecule has 1 aliphatic heterocycles. The van der Waals surface area contributed by atoms with Crippen LogP contribution in [0.25, 0.3) is 11.0 Å². The lowest BCUT2D eigenvalue weighted by Gasteiger charge is -2.28. The summed E-state index contributed by atoms with van der Waals surface area (Å²) >= 11 is 0. The number of carbonyl (C=O) groups excluding carboxylic acids is 3. The van der Waals surface area contributed by atoms with Gasteiger partial charge in [-0.05, 0) is 30.2 Å². The zero-order valence-corrected chi connectivity index (χ0v) is 18.5. The zero-order chi connectivity index (χ0) is 23.7. The van der Waals surface area contributed by atoms with Crippen molar-refractivity contribution in [3.8, 4) is 0 Å². The smallest absolute Gasteiger partial charge is 0.326 e. The molecule has 0 saturated carbocycles. The van der Waals surface area contributed by atoms with Crippen LogP contribution in [0, 0.1) is 0 Å². The molecule has 2 N–H and O–H groups in total. The molecule has 0 unspecified atom stereocenters. The largest absolute Gasteiger partial charge is 0.459 e. The van der Waals surface area contributed by atoms with Crippen LogP contribution in [0.4, 0.5) is 4.79 Å². The molecular weight excluding hydrogens is 430 g/mol. The second-order valence-electron chi connectivity index (χ2n) is 8.28. The fraction of sp³-hybridized carbons (Fsp3) is 0.148. The standard InChI is InChI=1S/C27H23N3O4/c1-18(23-16-19-10-8-9-15-22(19)34-23)28-24(31)17-30-25(32)27(29-26(30)33,20-11-4-2-5-12-20)21-13-6-3-7-14-21/h2-16,18H,17H2,1H3,(H,28,31)(H,29,33)/t18-/m0/s1. The summed E-state index contributed by atoms with van der Waals surface area (Å²) in [5.41, 5.74) is 0.573. The highest BCUT2D eigenvalue weighted by Crippen LogP contribution is 2.36. The quantitative estimate of drug-likeness (QED) is 0.430. The van der Waals surface area contributed by atoms with Crippen LogP contribution >= 0.6 is 0 Å². The van der Waals surface area contributed by atoms with Gasteiger partial charge in [-0.1, -0.05) is 78.9 Å². The summed E-state index contributed by atoms with van der Waals surface area (Å²) in [7, 11) is 0. The Morgan fingerprint density at radius 1 is 0.941 bits per heavy atom. The number of imide groups is 1. The molecule has 2 heterocycles. The summed E-state index contributed by atoms with van der Waals surface area (Å²) in [6, 6.07) is 26.5. The van der Waals surface area contributed by atoms with Gasteiger partial charge >= 0.3 is 6.03 Å². The van der Waals surface area contributed by atoms with Gasteiger partial charge in [0.2, 0.25) is 5.91 Å². The zero-order valence-electron chi connectivity index (χ0n) is 18.5. The van der Waals surface area contributed by atoms with Crippen LogP contribution in [0.15, 0.2) is 95.4 Å². The number of benzene rings is 3. The van der Waals surface area contributed by atoms with Crippen molar-refractivity contribution >= 4 is 28.8 Å².